The quantitative estimate of drug-likeness (QED) is 0.303. The molecule has 2 bridgehead atoms. The van der Waals surface area contributed by atoms with Crippen LogP contribution in [0.15, 0.2) is 0 Å². The van der Waals surface area contributed by atoms with E-state index in [0.29, 0.717) is 6.10 Å². The van der Waals surface area contributed by atoms with Gasteiger partial charge in [-0.05, 0) is 76.0 Å². The molecule has 0 saturated heterocycles. The van der Waals surface area contributed by atoms with Gasteiger partial charge in [0.15, 0.2) is 0 Å². The number of fused-ring (bicyclic) bond motifs is 5. The number of carbonyl (C=O) groups is 1. The van der Waals surface area contributed by atoms with Crippen LogP contribution in [0.5, 0.6) is 0 Å². The summed E-state index contributed by atoms with van der Waals surface area (Å²) < 4.78 is 12.3. The van der Waals surface area contributed by atoms with Gasteiger partial charge in [0.2, 0.25) is 6.29 Å². The molecule has 0 spiro atoms. The standard InChI is InChI=1S/C22H38O3/c1-5-7-8-12-20(25-21(23)22(3,4)6-2)24-19-14-15-13-18(19)17-11-9-10-16(15)17/h15-20H,5-14H2,1-4H3. The van der Waals surface area contributed by atoms with Crippen molar-refractivity contribution in [2.45, 2.75) is 104 Å². The van der Waals surface area contributed by atoms with Gasteiger partial charge in [0.05, 0.1) is 11.5 Å². The number of hydrogen-bond acceptors (Lipinski definition) is 3. The molecule has 144 valence electrons. The molecule has 3 heteroatoms. The van der Waals surface area contributed by atoms with Gasteiger partial charge in [-0.15, -0.1) is 0 Å². The maximum Gasteiger partial charge on any atom is 0.313 e. The fourth-order valence-electron chi connectivity index (χ4n) is 5.50. The normalized spacial score (nSPS) is 35.0. The third-order valence-electron chi connectivity index (χ3n) is 7.41. The van der Waals surface area contributed by atoms with Crippen LogP contribution in [0.25, 0.3) is 0 Å². The summed E-state index contributed by atoms with van der Waals surface area (Å²) >= 11 is 0. The third kappa shape index (κ3) is 4.07. The number of hydrogen-bond donors (Lipinski definition) is 0. The molecule has 3 fully saturated rings. The topological polar surface area (TPSA) is 35.5 Å². The van der Waals surface area contributed by atoms with Crippen molar-refractivity contribution in [2.75, 3.05) is 0 Å². The van der Waals surface area contributed by atoms with Gasteiger partial charge >= 0.3 is 5.97 Å². The SMILES string of the molecule is CCCCCC(OC(=O)C(C)(C)CC)OC1CC2CC1C1CCCC21. The lowest BCUT2D eigenvalue weighted by Crippen LogP contribution is -2.37. The van der Waals surface area contributed by atoms with Crippen molar-refractivity contribution in [3.05, 3.63) is 0 Å². The highest BCUT2D eigenvalue weighted by Crippen LogP contribution is 2.59. The second kappa shape index (κ2) is 7.98. The molecule has 3 nitrogen and oxygen atoms in total. The molecule has 3 aliphatic rings. The van der Waals surface area contributed by atoms with E-state index in [0.717, 1.165) is 42.9 Å². The second-order valence-corrected chi connectivity index (χ2v) is 9.40. The molecule has 3 rings (SSSR count). The molecule has 6 atom stereocenters. The largest absolute Gasteiger partial charge is 0.435 e. The van der Waals surface area contributed by atoms with Gasteiger partial charge in [-0.2, -0.15) is 0 Å². The van der Waals surface area contributed by atoms with Crippen LogP contribution in [0.1, 0.15) is 91.9 Å². The van der Waals surface area contributed by atoms with E-state index in [2.05, 4.69) is 6.92 Å². The van der Waals surface area contributed by atoms with E-state index in [-0.39, 0.29) is 12.3 Å². The molecular weight excluding hydrogens is 312 g/mol. The maximum absolute atomic E-state index is 12.6. The smallest absolute Gasteiger partial charge is 0.313 e. The fourth-order valence-corrected chi connectivity index (χ4v) is 5.50. The number of unbranched alkanes of at least 4 members (excludes halogenated alkanes) is 2. The summed E-state index contributed by atoms with van der Waals surface area (Å²) in [4.78, 5) is 12.6. The Kier molecular flexibility index (Phi) is 6.13. The van der Waals surface area contributed by atoms with Crippen LogP contribution in [-0.4, -0.2) is 18.4 Å². The third-order valence-corrected chi connectivity index (χ3v) is 7.41. The predicted molar refractivity (Wildman–Crippen MR) is 100 cm³/mol. The van der Waals surface area contributed by atoms with Gasteiger partial charge < -0.3 is 9.47 Å². The Morgan fingerprint density at radius 3 is 2.56 bits per heavy atom. The first-order valence-electron chi connectivity index (χ1n) is 10.8. The van der Waals surface area contributed by atoms with E-state index in [1.54, 1.807) is 0 Å². The molecule has 0 aromatic rings. The predicted octanol–water partition coefficient (Wildman–Crippen LogP) is 5.71. The van der Waals surface area contributed by atoms with Gasteiger partial charge in [-0.1, -0.05) is 33.1 Å². The zero-order chi connectivity index (χ0) is 18.0. The van der Waals surface area contributed by atoms with E-state index >= 15 is 0 Å². The molecule has 25 heavy (non-hydrogen) atoms. The van der Waals surface area contributed by atoms with Crippen molar-refractivity contribution in [2.24, 2.45) is 29.1 Å². The Labute approximate surface area is 154 Å². The number of carbonyl (C=O) groups excluding carboxylic acids is 1. The lowest BCUT2D eigenvalue weighted by atomic mass is 9.80. The summed E-state index contributed by atoms with van der Waals surface area (Å²) in [5.74, 6) is 3.37. The summed E-state index contributed by atoms with van der Waals surface area (Å²) in [7, 11) is 0. The second-order valence-electron chi connectivity index (χ2n) is 9.40. The number of esters is 1. The van der Waals surface area contributed by atoms with Crippen molar-refractivity contribution in [1.29, 1.82) is 0 Å². The minimum absolute atomic E-state index is 0.0987. The highest BCUT2D eigenvalue weighted by atomic mass is 16.7. The van der Waals surface area contributed by atoms with Crippen molar-refractivity contribution in [1.82, 2.24) is 0 Å². The first-order valence-corrected chi connectivity index (χ1v) is 10.8. The number of rotatable bonds is 9. The van der Waals surface area contributed by atoms with Crippen molar-refractivity contribution >= 4 is 5.97 Å². The van der Waals surface area contributed by atoms with E-state index in [1.807, 2.05) is 20.8 Å². The van der Waals surface area contributed by atoms with Crippen LogP contribution in [0.2, 0.25) is 0 Å². The Hall–Kier alpha value is -0.570. The van der Waals surface area contributed by atoms with Gasteiger partial charge in [0.25, 0.3) is 0 Å². The average molecular weight is 351 g/mol. The van der Waals surface area contributed by atoms with E-state index in [1.165, 1.54) is 44.9 Å². The molecule has 0 aromatic carbocycles. The van der Waals surface area contributed by atoms with E-state index in [9.17, 15) is 4.79 Å². The molecule has 3 saturated carbocycles. The molecule has 3 aliphatic carbocycles. The minimum atomic E-state index is -0.419. The molecule has 0 aliphatic heterocycles. The van der Waals surface area contributed by atoms with Crippen LogP contribution in [0.4, 0.5) is 0 Å². The zero-order valence-electron chi connectivity index (χ0n) is 16.8. The number of ether oxygens (including phenoxy) is 2. The van der Waals surface area contributed by atoms with Crippen LogP contribution in [0.3, 0.4) is 0 Å². The van der Waals surface area contributed by atoms with Gasteiger partial charge in [0, 0.05) is 6.42 Å². The molecule has 0 N–H and O–H groups in total. The first kappa shape index (κ1) is 19.2. The Morgan fingerprint density at radius 1 is 1.08 bits per heavy atom. The fraction of sp³-hybridized carbons (Fsp3) is 0.955. The molecule has 0 amide bonds. The summed E-state index contributed by atoms with van der Waals surface area (Å²) in [5, 5.41) is 0. The molecule has 0 radical (unpaired) electrons. The van der Waals surface area contributed by atoms with Crippen LogP contribution >= 0.6 is 0 Å². The first-order chi connectivity index (χ1) is 12.0. The van der Waals surface area contributed by atoms with Crippen LogP contribution < -0.4 is 0 Å². The van der Waals surface area contributed by atoms with E-state index < -0.39 is 5.41 Å². The van der Waals surface area contributed by atoms with Gasteiger partial charge in [-0.3, -0.25) is 4.79 Å². The molecule has 0 aromatic heterocycles. The van der Waals surface area contributed by atoms with Crippen LogP contribution in [-0.2, 0) is 14.3 Å². The maximum atomic E-state index is 12.6. The summed E-state index contributed by atoms with van der Waals surface area (Å²) in [5.41, 5.74) is -0.419. The van der Waals surface area contributed by atoms with Gasteiger partial charge in [-0.25, -0.2) is 0 Å². The Balaban J connectivity index is 1.59. The lowest BCUT2D eigenvalue weighted by molar-refractivity contribution is -0.207. The average Bonchev–Trinajstić information content (AvgIpc) is 3.27. The highest BCUT2D eigenvalue weighted by Gasteiger charge is 2.54. The monoisotopic (exact) mass is 350 g/mol. The summed E-state index contributed by atoms with van der Waals surface area (Å²) in [6.45, 7) is 8.20. The Morgan fingerprint density at radius 2 is 1.84 bits per heavy atom. The van der Waals surface area contributed by atoms with Crippen molar-refractivity contribution < 1.29 is 14.3 Å². The Bertz CT molecular complexity index is 458. The van der Waals surface area contributed by atoms with E-state index in [4.69, 9.17) is 9.47 Å². The lowest BCUT2D eigenvalue weighted by Gasteiger charge is -2.34. The van der Waals surface area contributed by atoms with Crippen molar-refractivity contribution in [3.8, 4) is 0 Å². The summed E-state index contributed by atoms with van der Waals surface area (Å²) in [6, 6.07) is 0. The minimum Gasteiger partial charge on any atom is -0.435 e. The van der Waals surface area contributed by atoms with Gasteiger partial charge in [0.1, 0.15) is 0 Å². The molecule has 0 heterocycles. The van der Waals surface area contributed by atoms with Crippen LogP contribution in [0, 0.1) is 29.1 Å². The molecular formula is C22H38O3. The zero-order valence-corrected chi connectivity index (χ0v) is 16.8. The summed E-state index contributed by atoms with van der Waals surface area (Å²) in [6.07, 6.45) is 11.9. The van der Waals surface area contributed by atoms with Crippen molar-refractivity contribution in [3.63, 3.8) is 0 Å². The highest BCUT2D eigenvalue weighted by molar-refractivity contribution is 5.75. The molecule has 6 unspecified atom stereocenters.